The second kappa shape index (κ2) is 4.86. The van der Waals surface area contributed by atoms with Crippen molar-refractivity contribution in [1.82, 2.24) is 14.3 Å². The molecule has 1 fully saturated rings. The van der Waals surface area contributed by atoms with Gasteiger partial charge in [-0.05, 0) is 20.8 Å². The van der Waals surface area contributed by atoms with Gasteiger partial charge in [0.2, 0.25) is 0 Å². The molecule has 1 unspecified atom stereocenters. The molecule has 1 saturated heterocycles. The van der Waals surface area contributed by atoms with E-state index in [0.717, 1.165) is 0 Å². The molecule has 2 heterocycles. The Kier molecular flexibility index (Phi) is 3.69. The highest BCUT2D eigenvalue weighted by Crippen LogP contribution is 2.22. The van der Waals surface area contributed by atoms with Gasteiger partial charge in [-0.1, -0.05) is 0 Å². The van der Waals surface area contributed by atoms with Crippen LogP contribution in [0.5, 0.6) is 0 Å². The van der Waals surface area contributed by atoms with E-state index in [-0.39, 0.29) is 17.7 Å². The van der Waals surface area contributed by atoms with E-state index in [2.05, 4.69) is 9.71 Å². The topological polar surface area (TPSA) is 82.5 Å². The Morgan fingerprint density at radius 1 is 1.58 bits per heavy atom. The summed E-state index contributed by atoms with van der Waals surface area (Å²) in [5, 5.41) is 0.0191. The maximum atomic E-state index is 12.0. The third-order valence-electron chi connectivity index (χ3n) is 2.93. The van der Waals surface area contributed by atoms with Crippen molar-refractivity contribution in [2.24, 2.45) is 7.05 Å². The molecule has 1 aromatic rings. The first kappa shape index (κ1) is 14.4. The Labute approximate surface area is 113 Å². The van der Waals surface area contributed by atoms with Crippen LogP contribution in [0.4, 0.5) is 0 Å². The van der Waals surface area contributed by atoms with Crippen molar-refractivity contribution in [1.29, 1.82) is 0 Å². The Bertz CT molecular complexity index is 545. The number of hydrogen-bond acceptors (Lipinski definition) is 5. The van der Waals surface area contributed by atoms with Crippen LogP contribution in [-0.4, -0.2) is 43.0 Å². The Balaban J connectivity index is 1.99. The van der Waals surface area contributed by atoms with Crippen molar-refractivity contribution < 1.29 is 17.9 Å². The number of rotatable bonds is 4. The molecule has 0 spiro atoms. The quantitative estimate of drug-likeness (QED) is 0.853. The van der Waals surface area contributed by atoms with Crippen molar-refractivity contribution in [3.8, 4) is 0 Å². The predicted octanol–water partition coefficient (Wildman–Crippen LogP) is 0.158. The van der Waals surface area contributed by atoms with E-state index in [9.17, 15) is 8.42 Å². The summed E-state index contributed by atoms with van der Waals surface area (Å²) in [5.74, 6) is -0.0144. The summed E-state index contributed by atoms with van der Waals surface area (Å²) >= 11 is 0. The number of sulfonamides is 1. The largest absolute Gasteiger partial charge is 0.348 e. The van der Waals surface area contributed by atoms with Crippen molar-refractivity contribution in [3.63, 3.8) is 0 Å². The Hall–Kier alpha value is -0.960. The SMILES string of the molecule is Cc1nc(S(=O)(=O)NCC2COC(C)(C)O2)cn1C. The highest BCUT2D eigenvalue weighted by Gasteiger charge is 2.33. The third-order valence-corrected chi connectivity index (χ3v) is 4.22. The van der Waals surface area contributed by atoms with Crippen molar-refractivity contribution in [3.05, 3.63) is 12.0 Å². The molecule has 0 bridgehead atoms. The molecule has 108 valence electrons. The monoisotopic (exact) mass is 289 g/mol. The zero-order valence-electron chi connectivity index (χ0n) is 11.5. The first-order chi connectivity index (χ1) is 8.70. The van der Waals surface area contributed by atoms with E-state index in [1.807, 2.05) is 0 Å². The van der Waals surface area contributed by atoms with E-state index in [1.165, 1.54) is 6.20 Å². The van der Waals surface area contributed by atoms with Gasteiger partial charge in [-0.3, -0.25) is 0 Å². The summed E-state index contributed by atoms with van der Waals surface area (Å²) in [6, 6.07) is 0. The zero-order chi connectivity index (χ0) is 14.3. The maximum absolute atomic E-state index is 12.0. The van der Waals surface area contributed by atoms with Gasteiger partial charge in [0.1, 0.15) is 5.82 Å². The number of ether oxygens (including phenoxy) is 2. The van der Waals surface area contributed by atoms with Crippen LogP contribution in [0.2, 0.25) is 0 Å². The van der Waals surface area contributed by atoms with Crippen molar-refractivity contribution >= 4 is 10.0 Å². The van der Waals surface area contributed by atoms with Crippen LogP contribution in [0.1, 0.15) is 19.7 Å². The van der Waals surface area contributed by atoms with Gasteiger partial charge in [0.15, 0.2) is 10.8 Å². The van der Waals surface area contributed by atoms with Crippen LogP contribution in [0, 0.1) is 6.92 Å². The average molecular weight is 289 g/mol. The number of nitrogens with one attached hydrogen (secondary N) is 1. The summed E-state index contributed by atoms with van der Waals surface area (Å²) in [7, 11) is -1.86. The Morgan fingerprint density at radius 3 is 2.74 bits per heavy atom. The third kappa shape index (κ3) is 3.33. The highest BCUT2D eigenvalue weighted by atomic mass is 32.2. The molecule has 0 aliphatic carbocycles. The molecule has 0 saturated carbocycles. The van der Waals surface area contributed by atoms with E-state index in [0.29, 0.717) is 12.4 Å². The minimum Gasteiger partial charge on any atom is -0.348 e. The number of aromatic nitrogens is 2. The minimum atomic E-state index is -3.60. The number of imidazole rings is 1. The van der Waals surface area contributed by atoms with E-state index >= 15 is 0 Å². The second-order valence-corrected chi connectivity index (χ2v) is 6.75. The van der Waals surface area contributed by atoms with E-state index in [4.69, 9.17) is 9.47 Å². The molecular formula is C11H19N3O4S. The van der Waals surface area contributed by atoms with Gasteiger partial charge < -0.3 is 14.0 Å². The zero-order valence-corrected chi connectivity index (χ0v) is 12.3. The number of aryl methyl sites for hydroxylation is 2. The highest BCUT2D eigenvalue weighted by molar-refractivity contribution is 7.89. The van der Waals surface area contributed by atoms with Crippen LogP contribution in [0.3, 0.4) is 0 Å². The summed E-state index contributed by atoms with van der Waals surface area (Å²) in [6.07, 6.45) is 1.20. The summed E-state index contributed by atoms with van der Waals surface area (Å²) in [6.45, 7) is 5.88. The normalized spacial score (nSPS) is 22.8. The fraction of sp³-hybridized carbons (Fsp3) is 0.727. The van der Waals surface area contributed by atoms with Crippen LogP contribution >= 0.6 is 0 Å². The van der Waals surface area contributed by atoms with E-state index in [1.54, 1.807) is 32.4 Å². The molecular weight excluding hydrogens is 270 g/mol. The Morgan fingerprint density at radius 2 is 2.26 bits per heavy atom. The van der Waals surface area contributed by atoms with Crippen LogP contribution < -0.4 is 4.72 Å². The number of nitrogens with zero attached hydrogens (tertiary/aromatic N) is 2. The van der Waals surface area contributed by atoms with Gasteiger partial charge in [0.05, 0.1) is 12.7 Å². The van der Waals surface area contributed by atoms with Crippen LogP contribution in [0.15, 0.2) is 11.2 Å². The predicted molar refractivity (Wildman–Crippen MR) is 68.0 cm³/mol. The molecule has 0 amide bonds. The van der Waals surface area contributed by atoms with Gasteiger partial charge >= 0.3 is 0 Å². The second-order valence-electron chi connectivity index (χ2n) is 5.04. The molecule has 1 aliphatic heterocycles. The molecule has 2 rings (SSSR count). The fourth-order valence-corrected chi connectivity index (χ4v) is 2.90. The minimum absolute atomic E-state index is 0.0191. The number of hydrogen-bond donors (Lipinski definition) is 1. The van der Waals surface area contributed by atoms with Crippen molar-refractivity contribution in [2.45, 2.75) is 37.7 Å². The molecule has 0 aromatic carbocycles. The smallest absolute Gasteiger partial charge is 0.259 e. The lowest BCUT2D eigenvalue weighted by molar-refractivity contribution is -0.137. The molecule has 8 heteroatoms. The molecule has 7 nitrogen and oxygen atoms in total. The average Bonchev–Trinajstić information content (AvgIpc) is 2.81. The van der Waals surface area contributed by atoms with Gasteiger partial charge in [-0.2, -0.15) is 0 Å². The molecule has 1 aliphatic rings. The lowest BCUT2D eigenvalue weighted by atomic mass is 10.4. The lowest BCUT2D eigenvalue weighted by Crippen LogP contribution is -2.34. The molecule has 0 radical (unpaired) electrons. The van der Waals surface area contributed by atoms with Gasteiger partial charge in [-0.15, -0.1) is 0 Å². The molecule has 1 aromatic heterocycles. The maximum Gasteiger partial charge on any atom is 0.259 e. The van der Waals surface area contributed by atoms with Crippen molar-refractivity contribution in [2.75, 3.05) is 13.2 Å². The lowest BCUT2D eigenvalue weighted by Gasteiger charge is -2.17. The molecule has 1 atom stereocenters. The standard InChI is InChI=1S/C11H19N3O4S/c1-8-13-10(6-14(8)4)19(15,16)12-5-9-7-17-11(2,3)18-9/h6,9,12H,5,7H2,1-4H3. The summed E-state index contributed by atoms with van der Waals surface area (Å²) in [5.41, 5.74) is 0. The van der Waals surface area contributed by atoms with Gasteiger partial charge in [0.25, 0.3) is 10.0 Å². The molecule has 19 heavy (non-hydrogen) atoms. The summed E-state index contributed by atoms with van der Waals surface area (Å²) < 4.78 is 39.1. The first-order valence-electron chi connectivity index (χ1n) is 6.01. The van der Waals surface area contributed by atoms with Crippen LogP contribution in [-0.2, 0) is 26.5 Å². The fourth-order valence-electron chi connectivity index (χ4n) is 1.80. The van der Waals surface area contributed by atoms with E-state index < -0.39 is 15.8 Å². The molecule has 1 N–H and O–H groups in total. The van der Waals surface area contributed by atoms with Crippen LogP contribution in [0.25, 0.3) is 0 Å². The first-order valence-corrected chi connectivity index (χ1v) is 7.49. The summed E-state index contributed by atoms with van der Waals surface area (Å²) in [4.78, 5) is 4.00. The van der Waals surface area contributed by atoms with Gasteiger partial charge in [0, 0.05) is 19.8 Å². The van der Waals surface area contributed by atoms with Gasteiger partial charge in [-0.25, -0.2) is 18.1 Å².